The summed E-state index contributed by atoms with van der Waals surface area (Å²) in [5.74, 6) is -0.611. The molecule has 7 nitrogen and oxygen atoms in total. The normalized spacial score (nSPS) is 10.9. The second-order valence-electron chi connectivity index (χ2n) is 4.92. The average molecular weight is 350 g/mol. The van der Waals surface area contributed by atoms with Crippen LogP contribution in [0.25, 0.3) is 0 Å². The number of carbonyl (C=O) groups excluding carboxylic acids is 1. The summed E-state index contributed by atoms with van der Waals surface area (Å²) < 4.78 is 37.5. The van der Waals surface area contributed by atoms with E-state index in [2.05, 4.69) is 4.72 Å². The third kappa shape index (κ3) is 4.39. The van der Waals surface area contributed by atoms with Gasteiger partial charge in [0.05, 0.1) is 18.0 Å². The first-order chi connectivity index (χ1) is 11.3. The van der Waals surface area contributed by atoms with Crippen molar-refractivity contribution in [3.63, 3.8) is 0 Å². The van der Waals surface area contributed by atoms with Crippen LogP contribution in [0.4, 0.5) is 5.69 Å². The number of benzene rings is 2. The number of hydrogen-bond acceptors (Lipinski definition) is 6. The molecule has 0 unspecified atom stereocenters. The number of sulfonamides is 1. The number of aliphatic carboxylic acids is 1. The number of methoxy groups -OCH3 is 1. The Bertz CT molecular complexity index is 830. The van der Waals surface area contributed by atoms with Crippen molar-refractivity contribution in [3.8, 4) is 11.5 Å². The molecule has 0 aliphatic heterocycles. The highest BCUT2D eigenvalue weighted by atomic mass is 32.2. The summed E-state index contributed by atoms with van der Waals surface area (Å²) in [6, 6.07) is 10.6. The first-order valence-electron chi connectivity index (χ1n) is 6.92. The molecule has 0 bridgehead atoms. The SMILES string of the molecule is COc1ccc(C)c(S(=O)(=O)Nc2ccc(OCC(=O)[O-])cc2)c1. The number of anilines is 1. The van der Waals surface area contributed by atoms with Crippen molar-refractivity contribution in [3.05, 3.63) is 48.0 Å². The third-order valence-corrected chi connectivity index (χ3v) is 4.67. The van der Waals surface area contributed by atoms with E-state index in [0.29, 0.717) is 22.7 Å². The lowest BCUT2D eigenvalue weighted by atomic mass is 10.2. The lowest BCUT2D eigenvalue weighted by Crippen LogP contribution is -2.28. The van der Waals surface area contributed by atoms with Gasteiger partial charge in [0.15, 0.2) is 0 Å². The van der Waals surface area contributed by atoms with Crippen LogP contribution < -0.4 is 19.3 Å². The smallest absolute Gasteiger partial charge is 0.262 e. The summed E-state index contributed by atoms with van der Waals surface area (Å²) in [6.07, 6.45) is 0. The van der Waals surface area contributed by atoms with E-state index >= 15 is 0 Å². The van der Waals surface area contributed by atoms with Crippen LogP contribution in [-0.4, -0.2) is 28.1 Å². The minimum absolute atomic E-state index is 0.110. The molecular weight excluding hydrogens is 334 g/mol. The topological polar surface area (TPSA) is 105 Å². The number of carbonyl (C=O) groups is 1. The number of carboxylic acid groups (broad SMARTS) is 1. The van der Waals surface area contributed by atoms with Crippen molar-refractivity contribution >= 4 is 21.7 Å². The Labute approximate surface area is 139 Å². The third-order valence-electron chi connectivity index (χ3n) is 3.15. The van der Waals surface area contributed by atoms with Gasteiger partial charge < -0.3 is 19.4 Å². The number of carboxylic acids is 1. The van der Waals surface area contributed by atoms with Gasteiger partial charge in [-0.15, -0.1) is 0 Å². The Kier molecular flexibility index (Phi) is 5.30. The first-order valence-corrected chi connectivity index (χ1v) is 8.40. The second-order valence-corrected chi connectivity index (χ2v) is 6.57. The Balaban J connectivity index is 2.19. The van der Waals surface area contributed by atoms with E-state index in [9.17, 15) is 18.3 Å². The minimum Gasteiger partial charge on any atom is -0.546 e. The van der Waals surface area contributed by atoms with Crippen molar-refractivity contribution in [2.75, 3.05) is 18.4 Å². The standard InChI is InChI=1S/C16H17NO6S/c1-11-3-6-14(22-2)9-15(11)24(20,21)17-12-4-7-13(8-5-12)23-10-16(18)19/h3-9,17H,10H2,1-2H3,(H,18,19)/p-1. The molecule has 2 aromatic rings. The van der Waals surface area contributed by atoms with Gasteiger partial charge in [-0.3, -0.25) is 4.72 Å². The largest absolute Gasteiger partial charge is 0.546 e. The van der Waals surface area contributed by atoms with Gasteiger partial charge in [-0.1, -0.05) is 6.07 Å². The van der Waals surface area contributed by atoms with Crippen molar-refractivity contribution in [2.24, 2.45) is 0 Å². The molecule has 0 saturated heterocycles. The maximum Gasteiger partial charge on any atom is 0.262 e. The molecule has 0 aromatic heterocycles. The molecule has 0 heterocycles. The van der Waals surface area contributed by atoms with Crippen molar-refractivity contribution < 1.29 is 27.8 Å². The molecule has 8 heteroatoms. The Hall–Kier alpha value is -2.74. The fourth-order valence-electron chi connectivity index (χ4n) is 1.97. The number of hydrogen-bond donors (Lipinski definition) is 1. The quantitative estimate of drug-likeness (QED) is 0.796. The first kappa shape index (κ1) is 17.6. The summed E-state index contributed by atoms with van der Waals surface area (Å²) in [6.45, 7) is 1.11. The molecule has 24 heavy (non-hydrogen) atoms. The second kappa shape index (κ2) is 7.22. The van der Waals surface area contributed by atoms with Crippen LogP contribution in [-0.2, 0) is 14.8 Å². The van der Waals surface area contributed by atoms with Gasteiger partial charge in [-0.25, -0.2) is 8.42 Å². The van der Waals surface area contributed by atoms with E-state index in [1.54, 1.807) is 19.1 Å². The predicted molar refractivity (Wildman–Crippen MR) is 85.5 cm³/mol. The van der Waals surface area contributed by atoms with Crippen LogP contribution in [0, 0.1) is 6.92 Å². The van der Waals surface area contributed by atoms with Gasteiger partial charge in [-0.05, 0) is 42.8 Å². The average Bonchev–Trinajstić information content (AvgIpc) is 2.54. The molecule has 0 saturated carbocycles. The molecule has 0 atom stereocenters. The molecular formula is C16H16NO6S-. The molecule has 0 aliphatic carbocycles. The number of rotatable bonds is 7. The van der Waals surface area contributed by atoms with E-state index in [0.717, 1.165) is 0 Å². The summed E-state index contributed by atoms with van der Waals surface area (Å²) in [5, 5.41) is 10.3. The summed E-state index contributed by atoms with van der Waals surface area (Å²) in [7, 11) is -2.33. The molecule has 1 N–H and O–H groups in total. The lowest BCUT2D eigenvalue weighted by Gasteiger charge is -2.12. The van der Waals surface area contributed by atoms with Gasteiger partial charge in [0.25, 0.3) is 10.0 Å². The molecule has 0 fully saturated rings. The number of nitrogens with one attached hydrogen (secondary N) is 1. The van der Waals surface area contributed by atoms with E-state index in [4.69, 9.17) is 9.47 Å². The molecule has 128 valence electrons. The fourth-order valence-corrected chi connectivity index (χ4v) is 3.29. The van der Waals surface area contributed by atoms with Crippen molar-refractivity contribution in [1.82, 2.24) is 0 Å². The molecule has 2 aromatic carbocycles. The van der Waals surface area contributed by atoms with Crippen molar-refractivity contribution in [1.29, 1.82) is 0 Å². The highest BCUT2D eigenvalue weighted by Crippen LogP contribution is 2.24. The van der Waals surface area contributed by atoms with Crippen LogP contribution >= 0.6 is 0 Å². The Morgan fingerprint density at radius 3 is 2.33 bits per heavy atom. The molecule has 2 rings (SSSR count). The highest BCUT2D eigenvalue weighted by molar-refractivity contribution is 7.92. The Morgan fingerprint density at radius 1 is 1.12 bits per heavy atom. The van der Waals surface area contributed by atoms with Gasteiger partial charge in [0.1, 0.15) is 18.1 Å². The number of aryl methyl sites for hydroxylation is 1. The summed E-state index contributed by atoms with van der Waals surface area (Å²) in [4.78, 5) is 10.4. The molecule has 0 spiro atoms. The van der Waals surface area contributed by atoms with Crippen molar-refractivity contribution in [2.45, 2.75) is 11.8 Å². The Morgan fingerprint density at radius 2 is 1.75 bits per heavy atom. The van der Waals surface area contributed by atoms with Crippen LogP contribution in [0.1, 0.15) is 5.56 Å². The van der Waals surface area contributed by atoms with Crippen LogP contribution in [0.3, 0.4) is 0 Å². The zero-order chi connectivity index (χ0) is 17.7. The van der Waals surface area contributed by atoms with E-state index in [1.807, 2.05) is 0 Å². The molecule has 0 amide bonds. The van der Waals surface area contributed by atoms with E-state index < -0.39 is 22.6 Å². The van der Waals surface area contributed by atoms with E-state index in [1.165, 1.54) is 37.4 Å². The molecule has 0 radical (unpaired) electrons. The maximum absolute atomic E-state index is 12.5. The zero-order valence-corrected chi connectivity index (χ0v) is 13.9. The maximum atomic E-state index is 12.5. The van der Waals surface area contributed by atoms with Crippen LogP contribution in [0.5, 0.6) is 11.5 Å². The fraction of sp³-hybridized carbons (Fsp3) is 0.188. The summed E-state index contributed by atoms with van der Waals surface area (Å²) >= 11 is 0. The van der Waals surface area contributed by atoms with Gasteiger partial charge in [0, 0.05) is 11.8 Å². The highest BCUT2D eigenvalue weighted by Gasteiger charge is 2.18. The molecule has 0 aliphatic rings. The van der Waals surface area contributed by atoms with Gasteiger partial charge >= 0.3 is 0 Å². The van der Waals surface area contributed by atoms with Gasteiger partial charge in [0.2, 0.25) is 0 Å². The van der Waals surface area contributed by atoms with Crippen LogP contribution in [0.15, 0.2) is 47.4 Å². The summed E-state index contributed by atoms with van der Waals surface area (Å²) in [5.41, 5.74) is 0.898. The minimum atomic E-state index is -3.79. The monoisotopic (exact) mass is 350 g/mol. The van der Waals surface area contributed by atoms with Crippen LogP contribution in [0.2, 0.25) is 0 Å². The zero-order valence-electron chi connectivity index (χ0n) is 13.1. The number of ether oxygens (including phenoxy) is 2. The van der Waals surface area contributed by atoms with E-state index in [-0.39, 0.29) is 4.90 Å². The lowest BCUT2D eigenvalue weighted by molar-refractivity contribution is -0.307. The van der Waals surface area contributed by atoms with Gasteiger partial charge in [-0.2, -0.15) is 0 Å². The predicted octanol–water partition coefficient (Wildman–Crippen LogP) is 0.933.